The minimum absolute atomic E-state index is 0.663. The third kappa shape index (κ3) is 3.19. The maximum absolute atomic E-state index is 4.47. The van der Waals surface area contributed by atoms with Crippen molar-refractivity contribution < 1.29 is 0 Å². The van der Waals surface area contributed by atoms with E-state index in [4.69, 9.17) is 0 Å². The van der Waals surface area contributed by atoms with Gasteiger partial charge in [0.2, 0.25) is 5.95 Å². The van der Waals surface area contributed by atoms with Crippen LogP contribution in [-0.2, 0) is 0 Å². The molecule has 1 fully saturated rings. The Labute approximate surface area is 110 Å². The summed E-state index contributed by atoms with van der Waals surface area (Å²) < 4.78 is 0. The van der Waals surface area contributed by atoms with E-state index in [-0.39, 0.29) is 0 Å². The molecule has 2 heterocycles. The van der Waals surface area contributed by atoms with E-state index in [1.807, 2.05) is 19.2 Å². The molecule has 4 nitrogen and oxygen atoms in total. The van der Waals surface area contributed by atoms with Crippen LogP contribution in [0.4, 0.5) is 5.95 Å². The SMILES string of the molecule is Cc1ccnc(N(C)C[C@H]2CCN(C(C)C)C2)n1. The highest BCUT2D eigenvalue weighted by atomic mass is 15.2. The Hall–Kier alpha value is -1.16. The quantitative estimate of drug-likeness (QED) is 0.815. The molecule has 2 rings (SSSR count). The molecule has 0 spiro atoms. The van der Waals surface area contributed by atoms with E-state index in [9.17, 15) is 0 Å². The van der Waals surface area contributed by atoms with Gasteiger partial charge in [-0.1, -0.05) is 0 Å². The van der Waals surface area contributed by atoms with Crippen molar-refractivity contribution in [2.45, 2.75) is 33.2 Å². The van der Waals surface area contributed by atoms with E-state index in [0.29, 0.717) is 6.04 Å². The van der Waals surface area contributed by atoms with Crippen LogP contribution in [0.1, 0.15) is 26.0 Å². The molecule has 0 N–H and O–H groups in total. The average molecular weight is 248 g/mol. The zero-order chi connectivity index (χ0) is 13.1. The van der Waals surface area contributed by atoms with Crippen LogP contribution < -0.4 is 4.90 Å². The first-order valence-corrected chi connectivity index (χ1v) is 6.81. The average Bonchev–Trinajstić information content (AvgIpc) is 2.77. The molecule has 100 valence electrons. The Bertz CT molecular complexity index is 391. The van der Waals surface area contributed by atoms with Gasteiger partial charge in [0.1, 0.15) is 0 Å². The van der Waals surface area contributed by atoms with Gasteiger partial charge in [-0.05, 0) is 45.7 Å². The first-order chi connectivity index (χ1) is 8.56. The van der Waals surface area contributed by atoms with Crippen molar-refractivity contribution in [1.82, 2.24) is 14.9 Å². The van der Waals surface area contributed by atoms with Gasteiger partial charge in [-0.3, -0.25) is 0 Å². The van der Waals surface area contributed by atoms with E-state index in [0.717, 1.165) is 24.1 Å². The van der Waals surface area contributed by atoms with E-state index < -0.39 is 0 Å². The molecule has 1 aromatic heterocycles. The van der Waals surface area contributed by atoms with Crippen LogP contribution >= 0.6 is 0 Å². The lowest BCUT2D eigenvalue weighted by Crippen LogP contribution is -2.32. The second-order valence-corrected chi connectivity index (χ2v) is 5.62. The predicted molar refractivity (Wildman–Crippen MR) is 74.9 cm³/mol. The molecule has 1 aliphatic heterocycles. The van der Waals surface area contributed by atoms with E-state index in [1.165, 1.54) is 19.5 Å². The van der Waals surface area contributed by atoms with Crippen molar-refractivity contribution in [2.75, 3.05) is 31.6 Å². The van der Waals surface area contributed by atoms with Crippen LogP contribution in [0.5, 0.6) is 0 Å². The highest BCUT2D eigenvalue weighted by Crippen LogP contribution is 2.20. The third-order valence-corrected chi connectivity index (χ3v) is 3.70. The number of hydrogen-bond donors (Lipinski definition) is 0. The summed E-state index contributed by atoms with van der Waals surface area (Å²) in [5, 5.41) is 0. The lowest BCUT2D eigenvalue weighted by molar-refractivity contribution is 0.265. The fourth-order valence-electron chi connectivity index (χ4n) is 2.57. The van der Waals surface area contributed by atoms with Gasteiger partial charge in [0, 0.05) is 38.1 Å². The maximum Gasteiger partial charge on any atom is 0.225 e. The van der Waals surface area contributed by atoms with Crippen molar-refractivity contribution in [3.05, 3.63) is 18.0 Å². The maximum atomic E-state index is 4.47. The standard InChI is InChI=1S/C14H24N4/c1-11(2)18-8-6-13(10-18)9-17(4)14-15-7-5-12(3)16-14/h5,7,11,13H,6,8-10H2,1-4H3/t13-/m1/s1. The fraction of sp³-hybridized carbons (Fsp3) is 0.714. The number of aromatic nitrogens is 2. The molecule has 4 heteroatoms. The molecule has 1 saturated heterocycles. The second kappa shape index (κ2) is 5.65. The Balaban J connectivity index is 1.90. The van der Waals surface area contributed by atoms with Crippen LogP contribution in [0.15, 0.2) is 12.3 Å². The first-order valence-electron chi connectivity index (χ1n) is 6.81. The molecule has 1 aliphatic rings. The summed E-state index contributed by atoms with van der Waals surface area (Å²) in [4.78, 5) is 13.5. The van der Waals surface area contributed by atoms with Crippen LogP contribution in [-0.4, -0.2) is 47.6 Å². The highest BCUT2D eigenvalue weighted by Gasteiger charge is 2.25. The van der Waals surface area contributed by atoms with E-state index in [2.05, 4.69) is 40.7 Å². The van der Waals surface area contributed by atoms with E-state index in [1.54, 1.807) is 0 Å². The van der Waals surface area contributed by atoms with Crippen molar-refractivity contribution >= 4 is 5.95 Å². The van der Waals surface area contributed by atoms with Gasteiger partial charge < -0.3 is 9.80 Å². The Morgan fingerprint density at radius 3 is 2.89 bits per heavy atom. The second-order valence-electron chi connectivity index (χ2n) is 5.62. The highest BCUT2D eigenvalue weighted by molar-refractivity contribution is 5.28. The molecule has 0 aromatic carbocycles. The normalized spacial score (nSPS) is 20.6. The number of rotatable bonds is 4. The number of anilines is 1. The number of likely N-dealkylation sites (tertiary alicyclic amines) is 1. The van der Waals surface area contributed by atoms with Gasteiger partial charge in [0.15, 0.2) is 0 Å². The zero-order valence-corrected chi connectivity index (χ0v) is 11.9. The minimum atomic E-state index is 0.663. The monoisotopic (exact) mass is 248 g/mol. The molecule has 0 bridgehead atoms. The summed E-state index contributed by atoms with van der Waals surface area (Å²) in [6.07, 6.45) is 3.12. The topological polar surface area (TPSA) is 32.3 Å². The molecule has 18 heavy (non-hydrogen) atoms. The van der Waals surface area contributed by atoms with Crippen molar-refractivity contribution in [3.63, 3.8) is 0 Å². The van der Waals surface area contributed by atoms with Gasteiger partial charge in [-0.25, -0.2) is 9.97 Å². The molecule has 0 saturated carbocycles. The Kier molecular flexibility index (Phi) is 4.17. The summed E-state index contributed by atoms with van der Waals surface area (Å²) in [6, 6.07) is 2.60. The summed E-state index contributed by atoms with van der Waals surface area (Å²) in [5.41, 5.74) is 1.03. The third-order valence-electron chi connectivity index (χ3n) is 3.70. The summed E-state index contributed by atoms with van der Waals surface area (Å²) in [7, 11) is 2.09. The molecular formula is C14H24N4. The largest absolute Gasteiger partial charge is 0.344 e. The molecular weight excluding hydrogens is 224 g/mol. The fourth-order valence-corrected chi connectivity index (χ4v) is 2.57. The van der Waals surface area contributed by atoms with Gasteiger partial charge in [-0.15, -0.1) is 0 Å². The van der Waals surface area contributed by atoms with Crippen LogP contribution in [0.3, 0.4) is 0 Å². The van der Waals surface area contributed by atoms with E-state index >= 15 is 0 Å². The molecule has 0 aliphatic carbocycles. The first kappa shape index (κ1) is 13.3. The Morgan fingerprint density at radius 2 is 2.28 bits per heavy atom. The lowest BCUT2D eigenvalue weighted by atomic mass is 10.1. The number of nitrogens with zero attached hydrogens (tertiary/aromatic N) is 4. The molecule has 1 atom stereocenters. The van der Waals surface area contributed by atoms with Crippen LogP contribution in [0.2, 0.25) is 0 Å². The summed E-state index contributed by atoms with van der Waals surface area (Å²) in [6.45, 7) is 10.0. The van der Waals surface area contributed by atoms with Crippen LogP contribution in [0.25, 0.3) is 0 Å². The van der Waals surface area contributed by atoms with Crippen molar-refractivity contribution in [3.8, 4) is 0 Å². The number of hydrogen-bond acceptors (Lipinski definition) is 4. The van der Waals surface area contributed by atoms with Crippen molar-refractivity contribution in [2.24, 2.45) is 5.92 Å². The summed E-state index contributed by atoms with van der Waals surface area (Å²) >= 11 is 0. The smallest absolute Gasteiger partial charge is 0.225 e. The zero-order valence-electron chi connectivity index (χ0n) is 11.9. The molecule has 0 amide bonds. The molecule has 0 unspecified atom stereocenters. The van der Waals surface area contributed by atoms with Gasteiger partial charge in [0.05, 0.1) is 0 Å². The molecule has 1 aromatic rings. The summed E-state index contributed by atoms with van der Waals surface area (Å²) in [5.74, 6) is 1.58. The van der Waals surface area contributed by atoms with Crippen LogP contribution in [0, 0.1) is 12.8 Å². The van der Waals surface area contributed by atoms with Gasteiger partial charge in [0.25, 0.3) is 0 Å². The lowest BCUT2D eigenvalue weighted by Gasteiger charge is -2.23. The van der Waals surface area contributed by atoms with Gasteiger partial charge in [-0.2, -0.15) is 0 Å². The number of aryl methyl sites for hydroxylation is 1. The van der Waals surface area contributed by atoms with Gasteiger partial charge >= 0.3 is 0 Å². The Morgan fingerprint density at radius 1 is 1.50 bits per heavy atom. The van der Waals surface area contributed by atoms with Crippen molar-refractivity contribution in [1.29, 1.82) is 0 Å². The predicted octanol–water partition coefficient (Wildman–Crippen LogP) is 1.95. The minimum Gasteiger partial charge on any atom is -0.344 e. The molecule has 0 radical (unpaired) electrons.